The van der Waals surface area contributed by atoms with Crippen LogP contribution in [0.3, 0.4) is 0 Å². The van der Waals surface area contributed by atoms with Crippen LogP contribution in [0.4, 0.5) is 5.69 Å². The van der Waals surface area contributed by atoms with Gasteiger partial charge in [-0.25, -0.2) is 9.67 Å². The fraction of sp³-hybridized carbons (Fsp3) is 0.500. The minimum absolute atomic E-state index is 0.117. The molecule has 2 fully saturated rings. The number of aromatic nitrogens is 3. The summed E-state index contributed by atoms with van der Waals surface area (Å²) < 4.78 is 7.51. The van der Waals surface area contributed by atoms with E-state index in [2.05, 4.69) is 22.2 Å². The Kier molecular flexibility index (Phi) is 6.69. The summed E-state index contributed by atoms with van der Waals surface area (Å²) in [6, 6.07) is 10.1. The Morgan fingerprint density at radius 1 is 1.09 bits per heavy atom. The van der Waals surface area contributed by atoms with Gasteiger partial charge in [0, 0.05) is 55.6 Å². The van der Waals surface area contributed by atoms with Gasteiger partial charge in [-0.15, -0.1) is 0 Å². The molecular weight excluding hydrogens is 414 g/mol. The van der Waals surface area contributed by atoms with Crippen LogP contribution in [0.2, 0.25) is 0 Å². The van der Waals surface area contributed by atoms with Crippen LogP contribution < -0.4 is 5.32 Å². The lowest BCUT2D eigenvalue weighted by molar-refractivity contribution is 0.0834. The number of hydrogen-bond donors (Lipinski definition) is 1. The van der Waals surface area contributed by atoms with Gasteiger partial charge in [0.15, 0.2) is 11.4 Å². The van der Waals surface area contributed by atoms with Gasteiger partial charge in [0.05, 0.1) is 17.3 Å². The van der Waals surface area contributed by atoms with Crippen LogP contribution in [0.1, 0.15) is 48.5 Å². The molecule has 0 spiro atoms. The zero-order valence-electron chi connectivity index (χ0n) is 19.4. The van der Waals surface area contributed by atoms with Crippen molar-refractivity contribution in [1.82, 2.24) is 19.7 Å². The van der Waals surface area contributed by atoms with Crippen LogP contribution in [0, 0.1) is 5.92 Å². The van der Waals surface area contributed by atoms with E-state index < -0.39 is 0 Å². The summed E-state index contributed by atoms with van der Waals surface area (Å²) in [5.41, 5.74) is 4.14. The molecule has 0 saturated carbocycles. The lowest BCUT2D eigenvalue weighted by atomic mass is 9.89. The lowest BCUT2D eigenvalue weighted by Crippen LogP contribution is -2.36. The predicted molar refractivity (Wildman–Crippen MR) is 129 cm³/mol. The van der Waals surface area contributed by atoms with Crippen molar-refractivity contribution in [2.75, 3.05) is 31.6 Å². The SMILES string of the molecule is CCn1ncc2c(NC3CCOCC3)c(CN3CCC(C(=O)c4ccccc4)CC3)cnc21. The first kappa shape index (κ1) is 22.0. The van der Waals surface area contributed by atoms with E-state index in [-0.39, 0.29) is 11.7 Å². The quantitative estimate of drug-likeness (QED) is 0.549. The Bertz CT molecular complexity index is 1080. The van der Waals surface area contributed by atoms with Crippen molar-refractivity contribution in [1.29, 1.82) is 0 Å². The number of hydrogen-bond acceptors (Lipinski definition) is 6. The molecule has 0 atom stereocenters. The third-order valence-corrected chi connectivity index (χ3v) is 7.02. The molecule has 1 aromatic carbocycles. The number of nitrogens with one attached hydrogen (secondary N) is 1. The average Bonchev–Trinajstić information content (AvgIpc) is 3.30. The van der Waals surface area contributed by atoms with E-state index in [1.807, 2.05) is 47.4 Å². The van der Waals surface area contributed by atoms with Gasteiger partial charge in [-0.2, -0.15) is 5.10 Å². The molecule has 0 unspecified atom stereocenters. The normalized spacial score (nSPS) is 18.6. The number of aryl methyl sites for hydroxylation is 1. The summed E-state index contributed by atoms with van der Waals surface area (Å²) in [6.45, 7) is 7.18. The molecular formula is C26H33N5O2. The second-order valence-corrected chi connectivity index (χ2v) is 9.17. The van der Waals surface area contributed by atoms with E-state index in [1.165, 1.54) is 5.56 Å². The van der Waals surface area contributed by atoms with E-state index in [0.717, 1.165) is 87.4 Å². The minimum atomic E-state index is 0.117. The largest absolute Gasteiger partial charge is 0.381 e. The Morgan fingerprint density at radius 3 is 2.58 bits per heavy atom. The lowest BCUT2D eigenvalue weighted by Gasteiger charge is -2.32. The highest BCUT2D eigenvalue weighted by Crippen LogP contribution is 2.30. The zero-order valence-corrected chi connectivity index (χ0v) is 19.4. The number of piperidine rings is 1. The maximum absolute atomic E-state index is 12.9. The first-order chi connectivity index (χ1) is 16.2. The second-order valence-electron chi connectivity index (χ2n) is 9.17. The number of ketones is 1. The molecule has 7 nitrogen and oxygen atoms in total. The number of anilines is 1. The first-order valence-electron chi connectivity index (χ1n) is 12.2. The fourth-order valence-corrected chi connectivity index (χ4v) is 5.07. The molecule has 2 saturated heterocycles. The van der Waals surface area contributed by atoms with E-state index in [4.69, 9.17) is 9.72 Å². The van der Waals surface area contributed by atoms with Gasteiger partial charge in [0.1, 0.15) is 0 Å². The van der Waals surface area contributed by atoms with Gasteiger partial charge >= 0.3 is 0 Å². The second kappa shape index (κ2) is 10.0. The van der Waals surface area contributed by atoms with E-state index in [0.29, 0.717) is 6.04 Å². The van der Waals surface area contributed by atoms with Gasteiger partial charge in [0.25, 0.3) is 0 Å². The number of benzene rings is 1. The minimum Gasteiger partial charge on any atom is -0.381 e. The highest BCUT2D eigenvalue weighted by Gasteiger charge is 2.27. The van der Waals surface area contributed by atoms with Crippen LogP contribution in [-0.2, 0) is 17.8 Å². The van der Waals surface area contributed by atoms with Gasteiger partial charge in [-0.3, -0.25) is 9.69 Å². The Morgan fingerprint density at radius 2 is 1.85 bits per heavy atom. The summed E-state index contributed by atoms with van der Waals surface area (Å²) in [5.74, 6) is 0.402. The van der Waals surface area contributed by atoms with Crippen LogP contribution in [0.15, 0.2) is 42.7 Å². The molecule has 174 valence electrons. The molecule has 2 aliphatic heterocycles. The molecule has 0 amide bonds. The van der Waals surface area contributed by atoms with Gasteiger partial charge in [-0.1, -0.05) is 30.3 Å². The maximum Gasteiger partial charge on any atom is 0.166 e. The molecule has 1 N–H and O–H groups in total. The van der Waals surface area contributed by atoms with Crippen LogP contribution >= 0.6 is 0 Å². The summed E-state index contributed by atoms with van der Waals surface area (Å²) in [6.07, 6.45) is 7.79. The number of rotatable bonds is 7. The predicted octanol–water partition coefficient (Wildman–Crippen LogP) is 4.14. The van der Waals surface area contributed by atoms with Crippen molar-refractivity contribution in [3.8, 4) is 0 Å². The number of carbonyl (C=O) groups is 1. The third-order valence-electron chi connectivity index (χ3n) is 7.02. The highest BCUT2D eigenvalue weighted by molar-refractivity contribution is 5.97. The maximum atomic E-state index is 12.9. The van der Waals surface area contributed by atoms with Crippen molar-refractivity contribution in [2.45, 2.75) is 51.7 Å². The number of likely N-dealkylation sites (tertiary alicyclic amines) is 1. The molecule has 33 heavy (non-hydrogen) atoms. The molecule has 0 aliphatic carbocycles. The highest BCUT2D eigenvalue weighted by atomic mass is 16.5. The molecule has 4 heterocycles. The Labute approximate surface area is 195 Å². The molecule has 3 aromatic rings. The van der Waals surface area contributed by atoms with Crippen LogP contribution in [0.5, 0.6) is 0 Å². The Hall–Kier alpha value is -2.77. The smallest absolute Gasteiger partial charge is 0.166 e. The molecule has 2 aromatic heterocycles. The molecule has 5 rings (SSSR count). The number of nitrogens with zero attached hydrogens (tertiary/aromatic N) is 4. The number of ether oxygens (including phenoxy) is 1. The monoisotopic (exact) mass is 447 g/mol. The average molecular weight is 448 g/mol. The van der Waals surface area contributed by atoms with Crippen molar-refractivity contribution in [3.05, 3.63) is 53.9 Å². The topological polar surface area (TPSA) is 72.3 Å². The first-order valence-corrected chi connectivity index (χ1v) is 12.2. The summed E-state index contributed by atoms with van der Waals surface area (Å²) in [5, 5.41) is 9.46. The fourth-order valence-electron chi connectivity index (χ4n) is 5.07. The van der Waals surface area contributed by atoms with E-state index >= 15 is 0 Å². The van der Waals surface area contributed by atoms with Gasteiger partial charge in [-0.05, 0) is 45.7 Å². The van der Waals surface area contributed by atoms with E-state index in [1.54, 1.807) is 0 Å². The van der Waals surface area contributed by atoms with Gasteiger partial charge < -0.3 is 10.1 Å². The molecule has 2 aliphatic rings. The van der Waals surface area contributed by atoms with Gasteiger partial charge in [0.2, 0.25) is 0 Å². The van der Waals surface area contributed by atoms with Crippen molar-refractivity contribution in [3.63, 3.8) is 0 Å². The number of pyridine rings is 1. The van der Waals surface area contributed by atoms with E-state index in [9.17, 15) is 4.79 Å². The van der Waals surface area contributed by atoms with Crippen LogP contribution in [0.25, 0.3) is 11.0 Å². The molecule has 7 heteroatoms. The zero-order chi connectivity index (χ0) is 22.6. The van der Waals surface area contributed by atoms with Crippen LogP contribution in [-0.4, -0.2) is 57.8 Å². The standard InChI is InChI=1S/C26H33N5O2/c1-2-31-26-23(17-28-31)24(29-22-10-14-33-15-11-22)21(16-27-26)18-30-12-8-20(9-13-30)25(32)19-6-4-3-5-7-19/h3-7,16-17,20,22H,2,8-15,18H2,1H3,(H,27,29). The van der Waals surface area contributed by atoms with Crippen molar-refractivity contribution < 1.29 is 9.53 Å². The number of fused-ring (bicyclic) bond motifs is 1. The summed E-state index contributed by atoms with van der Waals surface area (Å²) in [7, 11) is 0. The number of carbonyl (C=O) groups excluding carboxylic acids is 1. The van der Waals surface area contributed by atoms with Crippen molar-refractivity contribution >= 4 is 22.5 Å². The number of Topliss-reactive ketones (excluding diaryl/α,β-unsaturated/α-hetero) is 1. The third kappa shape index (κ3) is 4.80. The van der Waals surface area contributed by atoms with Crippen molar-refractivity contribution in [2.24, 2.45) is 5.92 Å². The summed E-state index contributed by atoms with van der Waals surface area (Å²) in [4.78, 5) is 20.1. The Balaban J connectivity index is 1.31. The summed E-state index contributed by atoms with van der Waals surface area (Å²) >= 11 is 0. The molecule has 0 radical (unpaired) electrons. The molecule has 0 bridgehead atoms.